The van der Waals surface area contributed by atoms with Gasteiger partial charge in [0, 0.05) is 17.5 Å². The summed E-state index contributed by atoms with van der Waals surface area (Å²) in [4.78, 5) is 12.5. The zero-order valence-corrected chi connectivity index (χ0v) is 22.6. The first kappa shape index (κ1) is 34.8. The molecular weight excluding hydrogens is 648 g/mol. The molecule has 2 aromatic rings. The summed E-state index contributed by atoms with van der Waals surface area (Å²) in [6.07, 6.45) is -16.7. The maximum absolute atomic E-state index is 14.9. The van der Waals surface area contributed by atoms with Gasteiger partial charge >= 0.3 is 18.5 Å². The summed E-state index contributed by atoms with van der Waals surface area (Å²) in [6, 6.07) is 2.05. The molecule has 17 heteroatoms. The Morgan fingerprint density at radius 1 is 0.951 bits per heavy atom. The van der Waals surface area contributed by atoms with E-state index in [4.69, 9.17) is 23.2 Å². The highest BCUT2D eigenvalue weighted by Crippen LogP contribution is 2.42. The number of hydrogen-bond acceptors (Lipinski definition) is 3. The molecule has 0 spiro atoms. The molecule has 2 aromatic carbocycles. The Bertz CT molecular complexity index is 1410. The molecule has 41 heavy (non-hydrogen) atoms. The molecule has 228 valence electrons. The van der Waals surface area contributed by atoms with Crippen molar-refractivity contribution in [3.8, 4) is 0 Å². The molecule has 0 N–H and O–H groups in total. The number of ketones is 1. The average molecular weight is 665 g/mol. The molecule has 0 saturated heterocycles. The van der Waals surface area contributed by atoms with E-state index in [2.05, 4.69) is 0 Å². The van der Waals surface area contributed by atoms with Crippen LogP contribution in [0.1, 0.15) is 46.3 Å². The van der Waals surface area contributed by atoms with Gasteiger partial charge in [-0.05, 0) is 35.8 Å². The van der Waals surface area contributed by atoms with Crippen molar-refractivity contribution in [2.24, 2.45) is 5.92 Å². The normalized spacial score (nSPS) is 15.1. The monoisotopic (exact) mass is 664 g/mol. The molecule has 2 rings (SSSR count). The van der Waals surface area contributed by atoms with Gasteiger partial charge in [-0.15, -0.1) is 0 Å². The van der Waals surface area contributed by atoms with Gasteiger partial charge in [-0.1, -0.05) is 42.3 Å². The third-order valence-corrected chi connectivity index (χ3v) is 7.78. The molecule has 0 bridgehead atoms. The van der Waals surface area contributed by atoms with Crippen LogP contribution < -0.4 is 0 Å². The predicted molar refractivity (Wildman–Crippen MR) is 129 cm³/mol. The number of halogens is 13. The van der Waals surface area contributed by atoms with Crippen molar-refractivity contribution in [2.75, 3.05) is 11.5 Å². The van der Waals surface area contributed by atoms with E-state index in [0.29, 0.717) is 24.3 Å². The third-order valence-electron chi connectivity index (χ3n) is 5.39. The summed E-state index contributed by atoms with van der Waals surface area (Å²) in [7, 11) is -4.76. The number of benzene rings is 2. The number of alkyl halides is 9. The summed E-state index contributed by atoms with van der Waals surface area (Å²) < 4.78 is 171. The predicted octanol–water partition coefficient (Wildman–Crippen LogP) is 8.99. The number of Topliss-reactive ketones (excluding diaryl/α,β-unsaturated/α-hetero) is 1. The van der Waals surface area contributed by atoms with Crippen LogP contribution in [0.5, 0.6) is 0 Å². The summed E-state index contributed by atoms with van der Waals surface area (Å²) in [5.41, 5.74) is -4.77. The molecule has 0 amide bonds. The zero-order chi connectivity index (χ0) is 31.7. The van der Waals surface area contributed by atoms with Crippen LogP contribution in [0.15, 0.2) is 36.4 Å². The first-order valence-corrected chi connectivity index (χ1v) is 13.6. The van der Waals surface area contributed by atoms with E-state index in [1.165, 1.54) is 0 Å². The van der Waals surface area contributed by atoms with Crippen LogP contribution in [0.4, 0.5) is 48.3 Å². The fraction of sp³-hybridized carbons (Fsp3) is 0.375. The first-order chi connectivity index (χ1) is 18.4. The summed E-state index contributed by atoms with van der Waals surface area (Å²) >= 11 is 11.0. The van der Waals surface area contributed by atoms with Crippen LogP contribution in [0, 0.1) is 11.7 Å². The topological polar surface area (TPSA) is 51.2 Å². The van der Waals surface area contributed by atoms with Gasteiger partial charge in [0.25, 0.3) is 0 Å². The van der Waals surface area contributed by atoms with E-state index in [-0.39, 0.29) is 12.1 Å². The SMILES string of the molecule is C[C@@H](CC(=O)c1ccc(/C(F)=C/C(c2cc(Cl)c(F)c(Cl)c2)C(F)(F)F)cc1C(F)(F)F)CS(=O)(=O)CC(F)(F)F. The molecule has 1 unspecified atom stereocenters. The molecule has 0 aliphatic heterocycles. The molecule has 0 heterocycles. The standard InChI is InChI=1S/C24H17Cl2F11O3S/c1-11(9-41(39,40)10-22(29,30)31)4-20(38)14-3-2-12(5-16(14)24(35,36)37)19(27)8-15(23(32,33)34)13-6-17(25)21(28)18(26)7-13/h2-3,5-8,11,15H,4,9-10H2,1H3/b19-8-/t11-,15?/m0/s1. The fourth-order valence-corrected chi connectivity index (χ4v) is 5.88. The van der Waals surface area contributed by atoms with Crippen molar-refractivity contribution < 1.29 is 61.5 Å². The maximum atomic E-state index is 14.9. The van der Waals surface area contributed by atoms with Crippen LogP contribution >= 0.6 is 23.2 Å². The van der Waals surface area contributed by atoms with E-state index < -0.39 is 108 Å². The molecule has 0 fully saturated rings. The maximum Gasteiger partial charge on any atom is 0.417 e. The van der Waals surface area contributed by atoms with Gasteiger partial charge in [0.2, 0.25) is 0 Å². The van der Waals surface area contributed by atoms with Crippen molar-refractivity contribution >= 4 is 44.6 Å². The van der Waals surface area contributed by atoms with E-state index in [1.54, 1.807) is 0 Å². The van der Waals surface area contributed by atoms with Crippen molar-refractivity contribution in [1.82, 2.24) is 0 Å². The van der Waals surface area contributed by atoms with E-state index in [9.17, 15) is 61.5 Å². The lowest BCUT2D eigenvalue weighted by molar-refractivity contribution is -0.140. The van der Waals surface area contributed by atoms with Crippen molar-refractivity contribution in [3.63, 3.8) is 0 Å². The second-order valence-electron chi connectivity index (χ2n) is 8.99. The van der Waals surface area contributed by atoms with E-state index in [0.717, 1.165) is 6.92 Å². The van der Waals surface area contributed by atoms with Gasteiger partial charge < -0.3 is 0 Å². The molecule has 0 aromatic heterocycles. The van der Waals surface area contributed by atoms with Crippen LogP contribution in [0.3, 0.4) is 0 Å². The Morgan fingerprint density at radius 3 is 1.95 bits per heavy atom. The lowest BCUT2D eigenvalue weighted by atomic mass is 9.93. The minimum Gasteiger partial charge on any atom is -0.294 e. The Balaban J connectivity index is 2.46. The average Bonchev–Trinajstić information content (AvgIpc) is 2.76. The lowest BCUT2D eigenvalue weighted by Gasteiger charge is -2.19. The number of allylic oxidation sites excluding steroid dienone is 1. The third kappa shape index (κ3) is 9.84. The van der Waals surface area contributed by atoms with Gasteiger partial charge in [0.05, 0.1) is 21.4 Å². The van der Waals surface area contributed by atoms with Crippen molar-refractivity contribution in [1.29, 1.82) is 0 Å². The van der Waals surface area contributed by atoms with Gasteiger partial charge in [0.1, 0.15) is 17.5 Å². The molecular formula is C24H17Cl2F11O3S. The smallest absolute Gasteiger partial charge is 0.294 e. The Labute approximate surface area is 235 Å². The quantitative estimate of drug-likeness (QED) is 0.153. The van der Waals surface area contributed by atoms with Crippen LogP contribution in [-0.2, 0) is 16.0 Å². The van der Waals surface area contributed by atoms with Crippen LogP contribution in [0.25, 0.3) is 5.83 Å². The Kier molecular flexibility index (Phi) is 10.6. The van der Waals surface area contributed by atoms with Gasteiger partial charge in [-0.3, -0.25) is 4.79 Å². The molecule has 0 aliphatic rings. The second-order valence-corrected chi connectivity index (χ2v) is 11.9. The van der Waals surface area contributed by atoms with E-state index >= 15 is 0 Å². The summed E-state index contributed by atoms with van der Waals surface area (Å²) in [5.74, 6) is -12.0. The van der Waals surface area contributed by atoms with Crippen LogP contribution in [0.2, 0.25) is 10.0 Å². The van der Waals surface area contributed by atoms with Crippen LogP contribution in [-0.4, -0.2) is 38.1 Å². The lowest BCUT2D eigenvalue weighted by Crippen LogP contribution is -2.28. The van der Waals surface area contributed by atoms with Gasteiger partial charge in [-0.25, -0.2) is 17.2 Å². The highest BCUT2D eigenvalue weighted by Gasteiger charge is 2.41. The number of sulfone groups is 1. The van der Waals surface area contributed by atoms with Crippen molar-refractivity contribution in [3.05, 3.63) is 74.5 Å². The highest BCUT2D eigenvalue weighted by molar-refractivity contribution is 7.91. The van der Waals surface area contributed by atoms with Crippen molar-refractivity contribution in [2.45, 2.75) is 37.8 Å². The van der Waals surface area contributed by atoms with E-state index in [1.807, 2.05) is 0 Å². The molecule has 0 radical (unpaired) electrons. The Morgan fingerprint density at radius 2 is 1.49 bits per heavy atom. The fourth-order valence-electron chi connectivity index (χ4n) is 3.77. The highest BCUT2D eigenvalue weighted by atomic mass is 35.5. The summed E-state index contributed by atoms with van der Waals surface area (Å²) in [5, 5.41) is -1.67. The van der Waals surface area contributed by atoms with Gasteiger partial charge in [0.15, 0.2) is 21.4 Å². The largest absolute Gasteiger partial charge is 0.417 e. The molecule has 3 nitrogen and oxygen atoms in total. The number of hydrogen-bond donors (Lipinski definition) is 0. The minimum atomic E-state index is -5.35. The number of carbonyl (C=O) groups is 1. The molecule has 0 saturated carbocycles. The first-order valence-electron chi connectivity index (χ1n) is 11.0. The number of rotatable bonds is 9. The molecule has 2 atom stereocenters. The summed E-state index contributed by atoms with van der Waals surface area (Å²) in [6.45, 7) is 1.01. The zero-order valence-electron chi connectivity index (χ0n) is 20.3. The Hall–Kier alpha value is -2.39. The second kappa shape index (κ2) is 12.5. The number of carbonyl (C=O) groups excluding carboxylic acids is 1. The molecule has 0 aliphatic carbocycles. The van der Waals surface area contributed by atoms with Gasteiger partial charge in [-0.2, -0.15) is 39.5 Å². The minimum absolute atomic E-state index is 0.0438.